The van der Waals surface area contributed by atoms with Crippen LogP contribution < -0.4 is 9.47 Å². The average Bonchev–Trinajstić information content (AvgIpc) is 2.43. The number of carbonyl (C=O) groups excluding carboxylic acids is 1. The first kappa shape index (κ1) is 15.2. The second kappa shape index (κ2) is 6.48. The van der Waals surface area contributed by atoms with Crippen molar-refractivity contribution in [1.82, 2.24) is 4.90 Å². The molecular weight excluding hydrogens is 322 g/mol. The molecule has 0 saturated heterocycles. The normalized spacial score (nSPS) is 21.0. The highest BCUT2D eigenvalue weighted by Gasteiger charge is 2.30. The van der Waals surface area contributed by atoms with Crippen LogP contribution in [0.15, 0.2) is 18.2 Å². The Hall–Kier alpha value is -1.23. The van der Waals surface area contributed by atoms with E-state index in [2.05, 4.69) is 15.9 Å². The lowest BCUT2D eigenvalue weighted by atomic mass is 9.85. The summed E-state index contributed by atoms with van der Waals surface area (Å²) < 4.78 is 10.6. The number of methoxy groups -OCH3 is 2. The van der Waals surface area contributed by atoms with Crippen molar-refractivity contribution >= 4 is 21.8 Å². The summed E-state index contributed by atoms with van der Waals surface area (Å²) in [4.78, 5) is 15.0. The molecule has 1 aromatic carbocycles. The first-order chi connectivity index (χ1) is 9.56. The molecular formula is C15H20BrNO3. The minimum atomic E-state index is -0.0580. The van der Waals surface area contributed by atoms with E-state index in [1.165, 1.54) is 0 Å². The molecule has 1 aliphatic rings. The first-order valence-electron chi connectivity index (χ1n) is 6.67. The number of amides is 1. The quantitative estimate of drug-likeness (QED) is 0.773. The number of carbonyl (C=O) groups is 1. The van der Waals surface area contributed by atoms with Gasteiger partial charge in [-0.15, -0.1) is 0 Å². The van der Waals surface area contributed by atoms with Crippen LogP contribution in [0.25, 0.3) is 0 Å². The van der Waals surface area contributed by atoms with Crippen molar-refractivity contribution in [3.63, 3.8) is 0 Å². The van der Waals surface area contributed by atoms with E-state index in [9.17, 15) is 4.79 Å². The van der Waals surface area contributed by atoms with E-state index in [4.69, 9.17) is 9.47 Å². The summed E-state index contributed by atoms with van der Waals surface area (Å²) in [7, 11) is 4.95. The van der Waals surface area contributed by atoms with Crippen LogP contribution >= 0.6 is 15.9 Å². The standard InChI is InChI=1S/C15H20BrNO3/c1-17(9-10-7-11(16)8-10)15(18)14-12(19-2)5-4-6-13(14)20-3/h4-6,10-11H,7-9H2,1-3H3. The maximum Gasteiger partial charge on any atom is 0.261 e. The smallest absolute Gasteiger partial charge is 0.261 e. The fraction of sp³-hybridized carbons (Fsp3) is 0.533. The summed E-state index contributed by atoms with van der Waals surface area (Å²) >= 11 is 3.57. The molecule has 1 saturated carbocycles. The van der Waals surface area contributed by atoms with Gasteiger partial charge in [-0.05, 0) is 30.9 Å². The average molecular weight is 342 g/mol. The van der Waals surface area contributed by atoms with Crippen molar-refractivity contribution < 1.29 is 14.3 Å². The molecule has 0 aliphatic heterocycles. The fourth-order valence-corrected chi connectivity index (χ4v) is 3.58. The van der Waals surface area contributed by atoms with Gasteiger partial charge in [-0.25, -0.2) is 0 Å². The third kappa shape index (κ3) is 3.08. The minimum Gasteiger partial charge on any atom is -0.496 e. The molecule has 2 rings (SSSR count). The van der Waals surface area contributed by atoms with Crippen LogP contribution in [-0.2, 0) is 0 Å². The predicted molar refractivity (Wildman–Crippen MR) is 81.9 cm³/mol. The molecule has 0 N–H and O–H groups in total. The molecule has 0 spiro atoms. The van der Waals surface area contributed by atoms with Gasteiger partial charge in [-0.2, -0.15) is 0 Å². The van der Waals surface area contributed by atoms with Crippen LogP contribution in [0.3, 0.4) is 0 Å². The number of benzene rings is 1. The van der Waals surface area contributed by atoms with Crippen LogP contribution in [0, 0.1) is 5.92 Å². The Morgan fingerprint density at radius 3 is 2.30 bits per heavy atom. The van der Waals surface area contributed by atoms with Gasteiger partial charge in [0.25, 0.3) is 5.91 Å². The fourth-order valence-electron chi connectivity index (χ4n) is 2.53. The Balaban J connectivity index is 2.15. The molecule has 0 unspecified atom stereocenters. The summed E-state index contributed by atoms with van der Waals surface area (Å²) in [5.74, 6) is 1.62. The lowest BCUT2D eigenvalue weighted by molar-refractivity contribution is 0.0742. The monoisotopic (exact) mass is 341 g/mol. The van der Waals surface area contributed by atoms with Crippen molar-refractivity contribution in [2.45, 2.75) is 17.7 Å². The van der Waals surface area contributed by atoms with E-state index in [0.29, 0.717) is 27.8 Å². The highest BCUT2D eigenvalue weighted by molar-refractivity contribution is 9.09. The van der Waals surface area contributed by atoms with Gasteiger partial charge in [-0.3, -0.25) is 4.79 Å². The van der Waals surface area contributed by atoms with Gasteiger partial charge in [-0.1, -0.05) is 22.0 Å². The Bertz CT molecular complexity index is 464. The SMILES string of the molecule is COc1cccc(OC)c1C(=O)N(C)CC1CC(Br)C1. The Morgan fingerprint density at radius 2 is 1.85 bits per heavy atom. The van der Waals surface area contributed by atoms with Crippen LogP contribution in [0.4, 0.5) is 0 Å². The summed E-state index contributed by atoms with van der Waals surface area (Å²) in [6.45, 7) is 0.766. The second-order valence-corrected chi connectivity index (χ2v) is 6.45. The van der Waals surface area contributed by atoms with E-state index >= 15 is 0 Å². The number of nitrogens with zero attached hydrogens (tertiary/aromatic N) is 1. The van der Waals surface area contributed by atoms with Gasteiger partial charge in [0, 0.05) is 18.4 Å². The van der Waals surface area contributed by atoms with Crippen molar-refractivity contribution in [2.75, 3.05) is 27.8 Å². The Kier molecular flexibility index (Phi) is 4.91. The van der Waals surface area contributed by atoms with Gasteiger partial charge in [0.1, 0.15) is 17.1 Å². The van der Waals surface area contributed by atoms with Crippen LogP contribution in [0.2, 0.25) is 0 Å². The van der Waals surface area contributed by atoms with Crippen molar-refractivity contribution in [1.29, 1.82) is 0 Å². The highest BCUT2D eigenvalue weighted by atomic mass is 79.9. The number of hydrogen-bond acceptors (Lipinski definition) is 3. The Labute approximate surface area is 128 Å². The second-order valence-electron chi connectivity index (χ2n) is 5.16. The van der Waals surface area contributed by atoms with E-state index in [0.717, 1.165) is 19.4 Å². The maximum absolute atomic E-state index is 12.6. The summed E-state index contributed by atoms with van der Waals surface area (Å²) in [5.41, 5.74) is 0.495. The van der Waals surface area contributed by atoms with E-state index < -0.39 is 0 Å². The summed E-state index contributed by atoms with van der Waals surface area (Å²) in [6, 6.07) is 5.37. The zero-order valence-electron chi connectivity index (χ0n) is 12.1. The van der Waals surface area contributed by atoms with Gasteiger partial charge in [0.15, 0.2) is 0 Å². The number of ether oxygens (including phenoxy) is 2. The lowest BCUT2D eigenvalue weighted by Gasteiger charge is -2.34. The van der Waals surface area contributed by atoms with Gasteiger partial charge in [0.2, 0.25) is 0 Å². The molecule has 1 amide bonds. The number of hydrogen-bond donors (Lipinski definition) is 0. The largest absolute Gasteiger partial charge is 0.496 e. The van der Waals surface area contributed by atoms with E-state index in [1.54, 1.807) is 31.3 Å². The van der Waals surface area contributed by atoms with Gasteiger partial charge in [0.05, 0.1) is 14.2 Å². The van der Waals surface area contributed by atoms with Crippen LogP contribution in [-0.4, -0.2) is 43.4 Å². The molecule has 110 valence electrons. The number of halogens is 1. The third-order valence-corrected chi connectivity index (χ3v) is 4.45. The van der Waals surface area contributed by atoms with Crippen LogP contribution in [0.5, 0.6) is 11.5 Å². The highest BCUT2D eigenvalue weighted by Crippen LogP contribution is 2.35. The van der Waals surface area contributed by atoms with Gasteiger partial charge < -0.3 is 14.4 Å². The van der Waals surface area contributed by atoms with Crippen molar-refractivity contribution in [3.8, 4) is 11.5 Å². The zero-order valence-corrected chi connectivity index (χ0v) is 13.6. The molecule has 0 atom stereocenters. The molecule has 0 aromatic heterocycles. The number of rotatable bonds is 5. The Morgan fingerprint density at radius 1 is 1.30 bits per heavy atom. The molecule has 1 fully saturated rings. The summed E-state index contributed by atoms with van der Waals surface area (Å²) in [5, 5.41) is 0. The molecule has 0 bridgehead atoms. The molecule has 20 heavy (non-hydrogen) atoms. The lowest BCUT2D eigenvalue weighted by Crippen LogP contribution is -2.38. The third-order valence-electron chi connectivity index (χ3n) is 3.70. The minimum absolute atomic E-state index is 0.0580. The molecule has 0 heterocycles. The van der Waals surface area contributed by atoms with Crippen LogP contribution in [0.1, 0.15) is 23.2 Å². The van der Waals surface area contributed by atoms with E-state index in [-0.39, 0.29) is 5.91 Å². The van der Waals surface area contributed by atoms with Crippen molar-refractivity contribution in [3.05, 3.63) is 23.8 Å². The maximum atomic E-state index is 12.6. The number of alkyl halides is 1. The topological polar surface area (TPSA) is 38.8 Å². The summed E-state index contributed by atoms with van der Waals surface area (Å²) in [6.07, 6.45) is 2.25. The molecule has 5 heteroatoms. The molecule has 1 aromatic rings. The van der Waals surface area contributed by atoms with Crippen molar-refractivity contribution in [2.24, 2.45) is 5.92 Å². The molecule has 0 radical (unpaired) electrons. The predicted octanol–water partition coefficient (Wildman–Crippen LogP) is 2.95. The first-order valence-corrected chi connectivity index (χ1v) is 7.59. The molecule has 1 aliphatic carbocycles. The zero-order chi connectivity index (χ0) is 14.7. The van der Waals surface area contributed by atoms with Gasteiger partial charge >= 0.3 is 0 Å². The van der Waals surface area contributed by atoms with E-state index in [1.807, 2.05) is 13.1 Å². The molecule has 4 nitrogen and oxygen atoms in total.